The molecule has 1 atom stereocenters. The molecule has 1 aromatic heterocycles. The molecule has 2 N–H and O–H groups in total. The lowest BCUT2D eigenvalue weighted by molar-refractivity contribution is -0.142. The lowest BCUT2D eigenvalue weighted by Crippen LogP contribution is -2.43. The van der Waals surface area contributed by atoms with Crippen molar-refractivity contribution < 1.29 is 14.7 Å². The zero-order valence-electron chi connectivity index (χ0n) is 12.7. The fourth-order valence-corrected chi connectivity index (χ4v) is 1.93. The molecule has 0 bridgehead atoms. The molecular weight excluding hydrogens is 270 g/mol. The zero-order valence-corrected chi connectivity index (χ0v) is 12.7. The van der Waals surface area contributed by atoms with Gasteiger partial charge in [0.1, 0.15) is 0 Å². The smallest absolute Gasteiger partial charge is 0.317 e. The standard InChI is InChI=1S/C15H23N3O3/c1-4-18(10-12-7-5-6-8-16-12)15(21)17-9-13(11(2)3)14(19)20/h5-8,11,13H,4,9-10H2,1-3H3,(H,17,21)(H,19,20). The highest BCUT2D eigenvalue weighted by atomic mass is 16.4. The average Bonchev–Trinajstić information content (AvgIpc) is 2.45. The van der Waals surface area contributed by atoms with E-state index in [1.165, 1.54) is 0 Å². The molecule has 1 heterocycles. The van der Waals surface area contributed by atoms with Crippen molar-refractivity contribution in [2.45, 2.75) is 27.3 Å². The summed E-state index contributed by atoms with van der Waals surface area (Å²) in [5.41, 5.74) is 0.799. The number of amides is 2. The SMILES string of the molecule is CCN(Cc1ccccn1)C(=O)NCC(C(=O)O)C(C)C. The third-order valence-corrected chi connectivity index (χ3v) is 3.34. The Hall–Kier alpha value is -2.11. The van der Waals surface area contributed by atoms with E-state index in [1.807, 2.05) is 39.0 Å². The molecule has 0 aliphatic rings. The van der Waals surface area contributed by atoms with E-state index in [0.717, 1.165) is 5.69 Å². The number of pyridine rings is 1. The highest BCUT2D eigenvalue weighted by molar-refractivity contribution is 5.76. The summed E-state index contributed by atoms with van der Waals surface area (Å²) in [7, 11) is 0. The summed E-state index contributed by atoms with van der Waals surface area (Å²) >= 11 is 0. The van der Waals surface area contributed by atoms with Crippen LogP contribution in [0.1, 0.15) is 26.5 Å². The van der Waals surface area contributed by atoms with Gasteiger partial charge in [0.25, 0.3) is 0 Å². The molecule has 1 unspecified atom stereocenters. The second kappa shape index (κ2) is 8.24. The number of carbonyl (C=O) groups is 2. The van der Waals surface area contributed by atoms with E-state index in [2.05, 4.69) is 10.3 Å². The van der Waals surface area contributed by atoms with Crippen LogP contribution in [0.3, 0.4) is 0 Å². The van der Waals surface area contributed by atoms with Crippen LogP contribution < -0.4 is 5.32 Å². The number of rotatable bonds is 7. The molecule has 1 aromatic rings. The minimum atomic E-state index is -0.891. The van der Waals surface area contributed by atoms with Crippen molar-refractivity contribution in [3.05, 3.63) is 30.1 Å². The first kappa shape index (κ1) is 16.9. The molecule has 0 aliphatic heterocycles. The van der Waals surface area contributed by atoms with Crippen molar-refractivity contribution in [3.8, 4) is 0 Å². The van der Waals surface area contributed by atoms with E-state index in [1.54, 1.807) is 11.1 Å². The van der Waals surface area contributed by atoms with Crippen LogP contribution in [-0.2, 0) is 11.3 Å². The first-order chi connectivity index (χ1) is 9.95. The highest BCUT2D eigenvalue weighted by Crippen LogP contribution is 2.10. The lowest BCUT2D eigenvalue weighted by Gasteiger charge is -2.23. The first-order valence-corrected chi connectivity index (χ1v) is 7.11. The van der Waals surface area contributed by atoms with E-state index in [4.69, 9.17) is 5.11 Å². The number of carboxylic acid groups (broad SMARTS) is 1. The van der Waals surface area contributed by atoms with Crippen LogP contribution >= 0.6 is 0 Å². The van der Waals surface area contributed by atoms with E-state index in [0.29, 0.717) is 13.1 Å². The molecule has 6 heteroatoms. The Morgan fingerprint density at radius 3 is 2.57 bits per heavy atom. The lowest BCUT2D eigenvalue weighted by atomic mass is 9.96. The van der Waals surface area contributed by atoms with E-state index < -0.39 is 11.9 Å². The van der Waals surface area contributed by atoms with Crippen LogP contribution in [0.15, 0.2) is 24.4 Å². The Balaban J connectivity index is 2.57. The van der Waals surface area contributed by atoms with Gasteiger partial charge in [0.05, 0.1) is 18.2 Å². The Kier molecular flexibility index (Phi) is 6.65. The van der Waals surface area contributed by atoms with Crippen molar-refractivity contribution in [2.24, 2.45) is 11.8 Å². The van der Waals surface area contributed by atoms with Gasteiger partial charge in [-0.3, -0.25) is 9.78 Å². The van der Waals surface area contributed by atoms with E-state index in [9.17, 15) is 9.59 Å². The summed E-state index contributed by atoms with van der Waals surface area (Å²) in [5, 5.41) is 11.8. The number of nitrogens with one attached hydrogen (secondary N) is 1. The van der Waals surface area contributed by atoms with Crippen molar-refractivity contribution in [1.82, 2.24) is 15.2 Å². The summed E-state index contributed by atoms with van der Waals surface area (Å²) in [6, 6.07) is 5.27. The second-order valence-corrected chi connectivity index (χ2v) is 5.21. The van der Waals surface area contributed by atoms with Crippen LogP contribution in [0.2, 0.25) is 0 Å². The van der Waals surface area contributed by atoms with Crippen molar-refractivity contribution in [1.29, 1.82) is 0 Å². The fraction of sp³-hybridized carbons (Fsp3) is 0.533. The quantitative estimate of drug-likeness (QED) is 0.805. The van der Waals surface area contributed by atoms with Crippen molar-refractivity contribution >= 4 is 12.0 Å². The minimum Gasteiger partial charge on any atom is -0.481 e. The van der Waals surface area contributed by atoms with Gasteiger partial charge in [0.2, 0.25) is 0 Å². The molecule has 116 valence electrons. The van der Waals surface area contributed by atoms with Crippen LogP contribution in [0, 0.1) is 11.8 Å². The van der Waals surface area contributed by atoms with Crippen LogP contribution in [-0.4, -0.2) is 40.1 Å². The van der Waals surface area contributed by atoms with Gasteiger partial charge >= 0.3 is 12.0 Å². The van der Waals surface area contributed by atoms with Gasteiger partial charge in [-0.1, -0.05) is 19.9 Å². The van der Waals surface area contributed by atoms with Crippen LogP contribution in [0.25, 0.3) is 0 Å². The summed E-state index contributed by atoms with van der Waals surface area (Å²) in [4.78, 5) is 29.0. The van der Waals surface area contributed by atoms with Gasteiger partial charge in [-0.15, -0.1) is 0 Å². The topological polar surface area (TPSA) is 82.5 Å². The Bertz CT molecular complexity index is 462. The predicted molar refractivity (Wildman–Crippen MR) is 79.7 cm³/mol. The third kappa shape index (κ3) is 5.41. The molecular formula is C15H23N3O3. The summed E-state index contributed by atoms with van der Waals surface area (Å²) in [5.74, 6) is -1.51. The van der Waals surface area contributed by atoms with Crippen LogP contribution in [0.5, 0.6) is 0 Å². The molecule has 0 aromatic carbocycles. The van der Waals surface area contributed by atoms with E-state index in [-0.39, 0.29) is 18.5 Å². The minimum absolute atomic E-state index is 0.0336. The molecule has 1 rings (SSSR count). The first-order valence-electron chi connectivity index (χ1n) is 7.11. The van der Waals surface area contributed by atoms with Gasteiger partial charge < -0.3 is 15.3 Å². The predicted octanol–water partition coefficient (Wildman–Crippen LogP) is 1.97. The summed E-state index contributed by atoms with van der Waals surface area (Å²) in [6.07, 6.45) is 1.68. The molecule has 6 nitrogen and oxygen atoms in total. The maximum atomic E-state index is 12.1. The second-order valence-electron chi connectivity index (χ2n) is 5.21. The van der Waals surface area contributed by atoms with Crippen LogP contribution in [0.4, 0.5) is 4.79 Å². The number of urea groups is 1. The monoisotopic (exact) mass is 293 g/mol. The van der Waals surface area contributed by atoms with Gasteiger partial charge in [-0.25, -0.2) is 4.79 Å². The summed E-state index contributed by atoms with van der Waals surface area (Å²) in [6.45, 7) is 6.60. The zero-order chi connectivity index (χ0) is 15.8. The summed E-state index contributed by atoms with van der Waals surface area (Å²) < 4.78 is 0. The maximum Gasteiger partial charge on any atom is 0.317 e. The molecule has 0 fully saturated rings. The number of nitrogens with zero attached hydrogens (tertiary/aromatic N) is 2. The number of hydrogen-bond acceptors (Lipinski definition) is 3. The Morgan fingerprint density at radius 1 is 1.38 bits per heavy atom. The number of hydrogen-bond donors (Lipinski definition) is 2. The number of aliphatic carboxylic acids is 1. The normalized spacial score (nSPS) is 12.0. The van der Waals surface area contributed by atoms with Crippen molar-refractivity contribution in [2.75, 3.05) is 13.1 Å². The van der Waals surface area contributed by atoms with Gasteiger partial charge in [0.15, 0.2) is 0 Å². The van der Waals surface area contributed by atoms with Gasteiger partial charge in [-0.2, -0.15) is 0 Å². The fourth-order valence-electron chi connectivity index (χ4n) is 1.93. The molecule has 0 saturated carbocycles. The Morgan fingerprint density at radius 2 is 2.10 bits per heavy atom. The maximum absolute atomic E-state index is 12.1. The number of carboxylic acids is 1. The van der Waals surface area contributed by atoms with Gasteiger partial charge in [0, 0.05) is 19.3 Å². The molecule has 0 radical (unpaired) electrons. The van der Waals surface area contributed by atoms with Gasteiger partial charge in [-0.05, 0) is 25.0 Å². The Labute approximate surface area is 125 Å². The average molecular weight is 293 g/mol. The molecule has 21 heavy (non-hydrogen) atoms. The number of aromatic nitrogens is 1. The van der Waals surface area contributed by atoms with Crippen molar-refractivity contribution in [3.63, 3.8) is 0 Å². The third-order valence-electron chi connectivity index (χ3n) is 3.34. The molecule has 2 amide bonds. The molecule has 0 saturated heterocycles. The largest absolute Gasteiger partial charge is 0.481 e. The molecule has 0 aliphatic carbocycles. The van der Waals surface area contributed by atoms with E-state index >= 15 is 0 Å². The highest BCUT2D eigenvalue weighted by Gasteiger charge is 2.23. The number of carbonyl (C=O) groups excluding carboxylic acids is 1. The molecule has 0 spiro atoms.